The Morgan fingerprint density at radius 2 is 2.40 bits per heavy atom. The van der Waals surface area contributed by atoms with Crippen molar-refractivity contribution in [1.29, 1.82) is 0 Å². The van der Waals surface area contributed by atoms with Crippen LogP contribution in [0.3, 0.4) is 0 Å². The van der Waals surface area contributed by atoms with Crippen molar-refractivity contribution in [3.05, 3.63) is 36.6 Å². The summed E-state index contributed by atoms with van der Waals surface area (Å²) < 4.78 is 17.1. The lowest BCUT2D eigenvalue weighted by atomic mass is 10.1. The second-order valence-electron chi connectivity index (χ2n) is 1.94. The lowest BCUT2D eigenvalue weighted by Crippen LogP contribution is -2.06. The number of nitrogens with two attached hydrogens (primary N) is 1. The Labute approximate surface area is 58.1 Å². The van der Waals surface area contributed by atoms with E-state index in [-0.39, 0.29) is 0 Å². The van der Waals surface area contributed by atoms with Gasteiger partial charge in [-0.3, -0.25) is 0 Å². The van der Waals surface area contributed by atoms with Gasteiger partial charge >= 0.3 is 0 Å². The quantitative estimate of drug-likeness (QED) is 0.635. The van der Waals surface area contributed by atoms with Gasteiger partial charge in [-0.05, 0) is 0 Å². The van der Waals surface area contributed by atoms with Gasteiger partial charge in [-0.15, -0.1) is 6.58 Å². The van der Waals surface area contributed by atoms with Crippen LogP contribution in [0.1, 0.15) is 11.6 Å². The highest BCUT2D eigenvalue weighted by Crippen LogP contribution is 2.15. The zero-order chi connectivity index (χ0) is 7.56. The minimum absolute atomic E-state index is 0.343. The molecule has 3 heteroatoms. The van der Waals surface area contributed by atoms with Gasteiger partial charge in [0.05, 0.1) is 12.3 Å². The summed E-state index contributed by atoms with van der Waals surface area (Å²) in [5.41, 5.74) is 5.76. The molecule has 0 saturated heterocycles. The molecule has 0 amide bonds. The predicted octanol–water partition coefficient (Wildman–Crippen LogP) is 1.60. The van der Waals surface area contributed by atoms with Crippen LogP contribution in [0.15, 0.2) is 29.6 Å². The molecule has 2 nitrogen and oxygen atoms in total. The Kier molecular flexibility index (Phi) is 1.87. The Morgan fingerprint density at radius 1 is 1.70 bits per heavy atom. The van der Waals surface area contributed by atoms with Gasteiger partial charge < -0.3 is 10.2 Å². The maximum Gasteiger partial charge on any atom is 0.166 e. The Balaban J connectivity index is 2.92. The summed E-state index contributed by atoms with van der Waals surface area (Å²) in [6, 6.07) is -0.473. The van der Waals surface area contributed by atoms with E-state index in [0.717, 1.165) is 6.26 Å². The second kappa shape index (κ2) is 2.66. The molecule has 10 heavy (non-hydrogen) atoms. The highest BCUT2D eigenvalue weighted by atomic mass is 19.1. The monoisotopic (exact) mass is 141 g/mol. The Bertz CT molecular complexity index is 231. The van der Waals surface area contributed by atoms with E-state index in [1.54, 1.807) is 0 Å². The van der Waals surface area contributed by atoms with Gasteiger partial charge in [0.15, 0.2) is 5.82 Å². The van der Waals surface area contributed by atoms with Gasteiger partial charge in [0.25, 0.3) is 0 Å². The third kappa shape index (κ3) is 1.09. The average Bonchev–Trinajstić information content (AvgIpc) is 2.34. The molecule has 1 atom stereocenters. The molecule has 1 heterocycles. The highest BCUT2D eigenvalue weighted by molar-refractivity contribution is 5.17. The summed E-state index contributed by atoms with van der Waals surface area (Å²) >= 11 is 0. The Hall–Kier alpha value is -1.09. The third-order valence-corrected chi connectivity index (χ3v) is 1.26. The summed E-state index contributed by atoms with van der Waals surface area (Å²) in [5, 5.41) is 0. The lowest BCUT2D eigenvalue weighted by Gasteiger charge is -1.99. The summed E-state index contributed by atoms with van der Waals surface area (Å²) in [7, 11) is 0. The molecule has 0 aliphatic rings. The molecule has 0 aliphatic heterocycles. The summed E-state index contributed by atoms with van der Waals surface area (Å²) in [6.07, 6.45) is 3.74. The summed E-state index contributed by atoms with van der Waals surface area (Å²) in [5.74, 6) is -0.424. The SMILES string of the molecule is C=C[C@H](N)c1cocc1F. The van der Waals surface area contributed by atoms with E-state index in [4.69, 9.17) is 5.73 Å². The van der Waals surface area contributed by atoms with E-state index >= 15 is 0 Å². The van der Waals surface area contributed by atoms with Gasteiger partial charge in [-0.1, -0.05) is 6.08 Å². The molecule has 1 aromatic heterocycles. The maximum atomic E-state index is 12.6. The summed E-state index contributed by atoms with van der Waals surface area (Å²) in [4.78, 5) is 0. The van der Waals surface area contributed by atoms with Crippen LogP contribution in [0.2, 0.25) is 0 Å². The van der Waals surface area contributed by atoms with Crippen LogP contribution < -0.4 is 5.73 Å². The van der Waals surface area contributed by atoms with Crippen LogP contribution in [-0.2, 0) is 0 Å². The van der Waals surface area contributed by atoms with E-state index in [9.17, 15) is 4.39 Å². The molecule has 0 aromatic carbocycles. The molecule has 54 valence electrons. The lowest BCUT2D eigenvalue weighted by molar-refractivity contribution is 0.532. The smallest absolute Gasteiger partial charge is 0.166 e. The number of furan rings is 1. The van der Waals surface area contributed by atoms with E-state index < -0.39 is 11.9 Å². The van der Waals surface area contributed by atoms with Crippen LogP contribution in [0.4, 0.5) is 4.39 Å². The van der Waals surface area contributed by atoms with Crippen LogP contribution in [0.25, 0.3) is 0 Å². The molecule has 0 saturated carbocycles. The predicted molar refractivity (Wildman–Crippen MR) is 35.8 cm³/mol. The van der Waals surface area contributed by atoms with Gasteiger partial charge in [0, 0.05) is 5.56 Å². The molecule has 0 spiro atoms. The van der Waals surface area contributed by atoms with Crippen LogP contribution >= 0.6 is 0 Å². The van der Waals surface area contributed by atoms with Gasteiger partial charge in [0.2, 0.25) is 0 Å². The van der Waals surface area contributed by atoms with Crippen molar-refractivity contribution in [1.82, 2.24) is 0 Å². The molecule has 1 rings (SSSR count). The second-order valence-corrected chi connectivity index (χ2v) is 1.94. The summed E-state index contributed by atoms with van der Waals surface area (Å²) in [6.45, 7) is 3.42. The first-order valence-electron chi connectivity index (χ1n) is 2.85. The molecular weight excluding hydrogens is 133 g/mol. The number of rotatable bonds is 2. The van der Waals surface area contributed by atoms with Crippen molar-refractivity contribution in [3.8, 4) is 0 Å². The molecule has 0 fully saturated rings. The molecule has 0 unspecified atom stereocenters. The molecule has 2 N–H and O–H groups in total. The Morgan fingerprint density at radius 3 is 2.80 bits per heavy atom. The van der Waals surface area contributed by atoms with Gasteiger partial charge in [-0.2, -0.15) is 0 Å². The molecular formula is C7H8FNO. The molecule has 0 bridgehead atoms. The van der Waals surface area contributed by atoms with Crippen molar-refractivity contribution in [2.75, 3.05) is 0 Å². The van der Waals surface area contributed by atoms with Crippen molar-refractivity contribution < 1.29 is 8.81 Å². The largest absolute Gasteiger partial charge is 0.469 e. The first-order chi connectivity index (χ1) is 4.75. The first kappa shape index (κ1) is 7.02. The highest BCUT2D eigenvalue weighted by Gasteiger charge is 2.08. The topological polar surface area (TPSA) is 39.2 Å². The minimum atomic E-state index is -0.473. The maximum absolute atomic E-state index is 12.6. The van der Waals surface area contributed by atoms with Crippen LogP contribution in [0.5, 0.6) is 0 Å². The van der Waals surface area contributed by atoms with Crippen molar-refractivity contribution in [2.24, 2.45) is 5.73 Å². The van der Waals surface area contributed by atoms with Gasteiger partial charge in [-0.25, -0.2) is 4.39 Å². The van der Waals surface area contributed by atoms with E-state index in [1.165, 1.54) is 12.3 Å². The standard InChI is InChI=1S/C7H8FNO/c1-2-7(9)5-3-10-4-6(5)8/h2-4,7H,1,9H2/t7-/m0/s1. The van der Waals surface area contributed by atoms with Crippen molar-refractivity contribution in [3.63, 3.8) is 0 Å². The number of halogens is 1. The zero-order valence-electron chi connectivity index (χ0n) is 5.38. The van der Waals surface area contributed by atoms with Crippen molar-refractivity contribution >= 4 is 0 Å². The van der Waals surface area contributed by atoms with E-state index in [1.807, 2.05) is 0 Å². The van der Waals surface area contributed by atoms with Gasteiger partial charge in [0.1, 0.15) is 6.26 Å². The third-order valence-electron chi connectivity index (χ3n) is 1.26. The minimum Gasteiger partial charge on any atom is -0.469 e. The first-order valence-corrected chi connectivity index (χ1v) is 2.85. The van der Waals surface area contributed by atoms with Crippen LogP contribution in [-0.4, -0.2) is 0 Å². The van der Waals surface area contributed by atoms with E-state index in [0.29, 0.717) is 5.56 Å². The fourth-order valence-electron chi connectivity index (χ4n) is 0.656. The van der Waals surface area contributed by atoms with Crippen LogP contribution in [0, 0.1) is 5.82 Å². The number of hydrogen-bond acceptors (Lipinski definition) is 2. The molecule has 0 radical (unpaired) electrons. The van der Waals surface area contributed by atoms with E-state index in [2.05, 4.69) is 11.0 Å². The fourth-order valence-corrected chi connectivity index (χ4v) is 0.656. The normalized spacial score (nSPS) is 13.0. The van der Waals surface area contributed by atoms with Crippen molar-refractivity contribution in [2.45, 2.75) is 6.04 Å². The molecule has 0 aliphatic carbocycles. The number of hydrogen-bond donors (Lipinski definition) is 1. The average molecular weight is 141 g/mol. The molecule has 1 aromatic rings. The zero-order valence-corrected chi connectivity index (χ0v) is 5.38. The fraction of sp³-hybridized carbons (Fsp3) is 0.143.